The standard InChI is InChI=1S/C7H8ClN3O/c8-4-1-2-6(12)5(3-4)7(9)11-10/h1-3,12H,10H2,(H2,9,11). The van der Waals surface area contributed by atoms with Gasteiger partial charge < -0.3 is 16.7 Å². The third-order valence-corrected chi connectivity index (χ3v) is 1.61. The number of rotatable bonds is 1. The van der Waals surface area contributed by atoms with E-state index in [-0.39, 0.29) is 11.6 Å². The number of phenols is 1. The summed E-state index contributed by atoms with van der Waals surface area (Å²) in [7, 11) is 0. The first-order valence-electron chi connectivity index (χ1n) is 3.17. The summed E-state index contributed by atoms with van der Waals surface area (Å²) in [5.74, 6) is 4.99. The van der Waals surface area contributed by atoms with Gasteiger partial charge in [-0.25, -0.2) is 0 Å². The Morgan fingerprint density at radius 2 is 2.17 bits per heavy atom. The normalized spacial score (nSPS) is 11.6. The van der Waals surface area contributed by atoms with Crippen molar-refractivity contribution in [3.05, 3.63) is 28.8 Å². The lowest BCUT2D eigenvalue weighted by Gasteiger charge is -2.02. The molecule has 0 unspecified atom stereocenters. The van der Waals surface area contributed by atoms with Gasteiger partial charge in [0.1, 0.15) is 5.75 Å². The quantitative estimate of drug-likeness (QED) is 0.260. The highest BCUT2D eigenvalue weighted by atomic mass is 35.5. The lowest BCUT2D eigenvalue weighted by atomic mass is 10.2. The van der Waals surface area contributed by atoms with Gasteiger partial charge in [-0.2, -0.15) is 5.10 Å². The zero-order valence-corrected chi connectivity index (χ0v) is 6.92. The van der Waals surface area contributed by atoms with E-state index in [2.05, 4.69) is 5.10 Å². The van der Waals surface area contributed by atoms with Crippen molar-refractivity contribution in [3.63, 3.8) is 0 Å². The van der Waals surface area contributed by atoms with E-state index in [1.807, 2.05) is 0 Å². The summed E-state index contributed by atoms with van der Waals surface area (Å²) in [6, 6.07) is 4.46. The molecule has 4 nitrogen and oxygen atoms in total. The minimum absolute atomic E-state index is 0.00565. The Bertz CT molecular complexity index is 324. The van der Waals surface area contributed by atoms with Crippen LogP contribution in [-0.4, -0.2) is 10.9 Å². The first-order chi connectivity index (χ1) is 5.65. The van der Waals surface area contributed by atoms with Gasteiger partial charge in [0.2, 0.25) is 0 Å². The molecule has 5 heteroatoms. The van der Waals surface area contributed by atoms with E-state index in [1.165, 1.54) is 12.1 Å². The van der Waals surface area contributed by atoms with Gasteiger partial charge in [0.15, 0.2) is 5.84 Å². The highest BCUT2D eigenvalue weighted by Gasteiger charge is 2.05. The minimum Gasteiger partial charge on any atom is -0.507 e. The number of halogens is 1. The molecule has 12 heavy (non-hydrogen) atoms. The molecule has 0 saturated heterocycles. The van der Waals surface area contributed by atoms with Crippen LogP contribution in [0, 0.1) is 0 Å². The maximum absolute atomic E-state index is 9.26. The molecule has 5 N–H and O–H groups in total. The van der Waals surface area contributed by atoms with Crippen molar-refractivity contribution >= 4 is 17.4 Å². The predicted molar refractivity (Wildman–Crippen MR) is 48.0 cm³/mol. The molecule has 0 atom stereocenters. The van der Waals surface area contributed by atoms with Gasteiger partial charge in [-0.05, 0) is 18.2 Å². The van der Waals surface area contributed by atoms with Crippen LogP contribution in [0.2, 0.25) is 5.02 Å². The molecule has 64 valence electrons. The Hall–Kier alpha value is -1.42. The first-order valence-corrected chi connectivity index (χ1v) is 3.55. The van der Waals surface area contributed by atoms with Crippen LogP contribution >= 0.6 is 11.6 Å². The maximum atomic E-state index is 9.26. The highest BCUT2D eigenvalue weighted by Crippen LogP contribution is 2.20. The summed E-state index contributed by atoms with van der Waals surface area (Å²) in [5.41, 5.74) is 5.71. The smallest absolute Gasteiger partial charge is 0.154 e. The molecular weight excluding hydrogens is 178 g/mol. The van der Waals surface area contributed by atoms with E-state index in [0.717, 1.165) is 0 Å². The molecule has 0 aliphatic carbocycles. The fourth-order valence-electron chi connectivity index (χ4n) is 0.783. The summed E-state index contributed by atoms with van der Waals surface area (Å²) in [6.07, 6.45) is 0. The summed E-state index contributed by atoms with van der Waals surface area (Å²) in [6.45, 7) is 0. The van der Waals surface area contributed by atoms with Crippen LogP contribution in [0.25, 0.3) is 0 Å². The number of nitrogens with zero attached hydrogens (tertiary/aromatic N) is 1. The predicted octanol–water partition coefficient (Wildman–Crippen LogP) is 0.625. The molecule has 0 saturated carbocycles. The lowest BCUT2D eigenvalue weighted by Crippen LogP contribution is -2.15. The van der Waals surface area contributed by atoms with Crippen LogP contribution in [0.3, 0.4) is 0 Å². The molecule has 0 aliphatic rings. The average Bonchev–Trinajstić information content (AvgIpc) is 2.08. The number of amidine groups is 1. The number of hydrazone groups is 1. The number of aromatic hydroxyl groups is 1. The van der Waals surface area contributed by atoms with Crippen LogP contribution in [-0.2, 0) is 0 Å². The van der Waals surface area contributed by atoms with Crippen molar-refractivity contribution in [1.29, 1.82) is 0 Å². The Labute approximate surface area is 74.4 Å². The second-order valence-corrected chi connectivity index (χ2v) is 2.61. The highest BCUT2D eigenvalue weighted by molar-refractivity contribution is 6.31. The minimum atomic E-state index is 0.00565. The van der Waals surface area contributed by atoms with Crippen molar-refractivity contribution in [3.8, 4) is 5.75 Å². The van der Waals surface area contributed by atoms with Gasteiger partial charge in [0.25, 0.3) is 0 Å². The fraction of sp³-hybridized carbons (Fsp3) is 0. The van der Waals surface area contributed by atoms with E-state index >= 15 is 0 Å². The zero-order chi connectivity index (χ0) is 9.14. The number of benzene rings is 1. The second-order valence-electron chi connectivity index (χ2n) is 2.18. The Morgan fingerprint density at radius 3 is 2.75 bits per heavy atom. The van der Waals surface area contributed by atoms with E-state index in [1.54, 1.807) is 6.07 Å². The van der Waals surface area contributed by atoms with Crippen molar-refractivity contribution in [2.75, 3.05) is 0 Å². The van der Waals surface area contributed by atoms with Gasteiger partial charge in [0, 0.05) is 5.02 Å². The van der Waals surface area contributed by atoms with Gasteiger partial charge in [-0.3, -0.25) is 0 Å². The molecule has 0 aliphatic heterocycles. The van der Waals surface area contributed by atoms with Gasteiger partial charge >= 0.3 is 0 Å². The zero-order valence-electron chi connectivity index (χ0n) is 6.16. The van der Waals surface area contributed by atoms with Crippen molar-refractivity contribution < 1.29 is 5.11 Å². The maximum Gasteiger partial charge on any atom is 0.154 e. The second kappa shape index (κ2) is 3.32. The number of phenolic OH excluding ortho intramolecular Hbond substituents is 1. The van der Waals surface area contributed by atoms with E-state index in [0.29, 0.717) is 10.6 Å². The van der Waals surface area contributed by atoms with Crippen LogP contribution in [0.1, 0.15) is 5.56 Å². The third kappa shape index (κ3) is 1.60. The lowest BCUT2D eigenvalue weighted by molar-refractivity contribution is 0.474. The van der Waals surface area contributed by atoms with Gasteiger partial charge in [-0.1, -0.05) is 11.6 Å². The van der Waals surface area contributed by atoms with E-state index in [9.17, 15) is 5.11 Å². The molecule has 1 rings (SSSR count). The van der Waals surface area contributed by atoms with Crippen LogP contribution < -0.4 is 11.6 Å². The molecule has 1 aromatic carbocycles. The number of hydrogen-bond acceptors (Lipinski definition) is 3. The Balaban J connectivity index is 3.23. The van der Waals surface area contributed by atoms with Crippen LogP contribution in [0.4, 0.5) is 0 Å². The fourth-order valence-corrected chi connectivity index (χ4v) is 0.955. The summed E-state index contributed by atoms with van der Waals surface area (Å²) in [5, 5.41) is 13.0. The molecule has 1 aromatic rings. The SMILES string of the molecule is N/N=C(\N)c1cc(Cl)ccc1O. The van der Waals surface area contributed by atoms with Crippen molar-refractivity contribution in [2.24, 2.45) is 16.7 Å². The Kier molecular flexibility index (Phi) is 2.40. The monoisotopic (exact) mass is 185 g/mol. The third-order valence-electron chi connectivity index (χ3n) is 1.37. The molecule has 0 fully saturated rings. The Morgan fingerprint density at radius 1 is 1.50 bits per heavy atom. The molecule has 0 amide bonds. The topological polar surface area (TPSA) is 84.6 Å². The molecular formula is C7H8ClN3O. The van der Waals surface area contributed by atoms with Gasteiger partial charge in [0.05, 0.1) is 5.56 Å². The molecule has 0 spiro atoms. The number of nitrogens with two attached hydrogens (primary N) is 2. The largest absolute Gasteiger partial charge is 0.507 e. The first kappa shape index (κ1) is 8.67. The van der Waals surface area contributed by atoms with Crippen molar-refractivity contribution in [1.82, 2.24) is 0 Å². The van der Waals surface area contributed by atoms with E-state index in [4.69, 9.17) is 23.2 Å². The summed E-state index contributed by atoms with van der Waals surface area (Å²) in [4.78, 5) is 0. The van der Waals surface area contributed by atoms with Crippen molar-refractivity contribution in [2.45, 2.75) is 0 Å². The summed E-state index contributed by atoms with van der Waals surface area (Å²) < 4.78 is 0. The van der Waals surface area contributed by atoms with E-state index < -0.39 is 0 Å². The van der Waals surface area contributed by atoms with Crippen LogP contribution in [0.5, 0.6) is 5.75 Å². The molecule has 0 heterocycles. The summed E-state index contributed by atoms with van der Waals surface area (Å²) >= 11 is 5.66. The number of hydrogen-bond donors (Lipinski definition) is 3. The molecule has 0 bridgehead atoms. The molecule has 0 radical (unpaired) electrons. The average molecular weight is 186 g/mol. The van der Waals surface area contributed by atoms with Gasteiger partial charge in [-0.15, -0.1) is 0 Å². The van der Waals surface area contributed by atoms with Crippen LogP contribution in [0.15, 0.2) is 23.3 Å². The molecule has 0 aromatic heterocycles.